The number of hydrogen-bond acceptors (Lipinski definition) is 1. The van der Waals surface area contributed by atoms with E-state index in [1.807, 2.05) is 0 Å². The van der Waals surface area contributed by atoms with Crippen LogP contribution in [0, 0.1) is 0 Å². The molecule has 0 aliphatic rings. The molecule has 0 saturated carbocycles. The van der Waals surface area contributed by atoms with Gasteiger partial charge < -0.3 is 0 Å². The molecule has 0 heterocycles. The van der Waals surface area contributed by atoms with E-state index in [-0.39, 0.29) is 0 Å². The van der Waals surface area contributed by atoms with E-state index in [0.29, 0.717) is 0 Å². The van der Waals surface area contributed by atoms with Crippen molar-refractivity contribution in [1.29, 1.82) is 0 Å². The van der Waals surface area contributed by atoms with Crippen molar-refractivity contribution < 1.29 is 4.74 Å². The predicted octanol–water partition coefficient (Wildman–Crippen LogP) is 4.90. The van der Waals surface area contributed by atoms with Gasteiger partial charge in [-0.1, -0.05) is 0 Å². The molecule has 3 rings (SSSR count). The van der Waals surface area contributed by atoms with Crippen molar-refractivity contribution in [2.45, 2.75) is 6.42 Å². The van der Waals surface area contributed by atoms with Gasteiger partial charge in [-0.15, -0.1) is 0 Å². The maximum atomic E-state index is 5.41. The van der Waals surface area contributed by atoms with E-state index in [4.69, 9.17) is 4.74 Å². The maximum absolute atomic E-state index is 5.41. The number of methoxy groups -OCH3 is 1. The molecular weight excluding hydrogens is 438 g/mol. The van der Waals surface area contributed by atoms with Crippen LogP contribution in [0.5, 0.6) is 0 Å². The third-order valence-electron chi connectivity index (χ3n) is 4.81. The summed E-state index contributed by atoms with van der Waals surface area (Å²) >= 11 is 2.82. The predicted molar refractivity (Wildman–Crippen MR) is 121 cm³/mol. The van der Waals surface area contributed by atoms with Gasteiger partial charge in [0.15, 0.2) is 0 Å². The van der Waals surface area contributed by atoms with Gasteiger partial charge in [-0.2, -0.15) is 0 Å². The van der Waals surface area contributed by atoms with Crippen molar-refractivity contribution in [3.63, 3.8) is 0 Å². The normalized spacial score (nSPS) is 13.1. The first-order chi connectivity index (χ1) is 12.2. The Hall–Kier alpha value is -1.22. The van der Waals surface area contributed by atoms with Gasteiger partial charge in [0.05, 0.1) is 0 Å². The first-order valence-corrected chi connectivity index (χ1v) is 13.8. The monoisotopic (exact) mass is 462 g/mol. The molecule has 3 heteroatoms. The van der Waals surface area contributed by atoms with Gasteiger partial charge in [-0.3, -0.25) is 0 Å². The molecule has 0 aromatic heterocycles. The molecule has 0 amide bonds. The van der Waals surface area contributed by atoms with Gasteiger partial charge in [0, 0.05) is 0 Å². The van der Waals surface area contributed by atoms with Crippen molar-refractivity contribution in [2.75, 3.05) is 19.9 Å². The zero-order chi connectivity index (χ0) is 17.6. The van der Waals surface area contributed by atoms with Crippen LogP contribution in [0.15, 0.2) is 91.0 Å². The van der Waals surface area contributed by atoms with Crippen molar-refractivity contribution in [2.24, 2.45) is 0 Å². The zero-order valence-electron chi connectivity index (χ0n) is 14.5. The fourth-order valence-corrected chi connectivity index (χ4v) is 12.2. The Morgan fingerprint density at radius 3 is 1.36 bits per heavy atom. The minimum absolute atomic E-state index is 0.785. The van der Waals surface area contributed by atoms with Crippen LogP contribution in [0.25, 0.3) is 0 Å². The molecule has 0 fully saturated rings. The summed E-state index contributed by atoms with van der Waals surface area (Å²) < 4.78 is 2.83. The van der Waals surface area contributed by atoms with Gasteiger partial charge >= 0.3 is 164 Å². The summed E-state index contributed by atoms with van der Waals surface area (Å²) in [6, 6.07) is 33.1. The van der Waals surface area contributed by atoms with Gasteiger partial charge in [0.25, 0.3) is 0 Å². The minimum atomic E-state index is -2.58. The first kappa shape index (κ1) is 18.6. The summed E-state index contributed by atoms with van der Waals surface area (Å²) in [4.78, 5) is 0. The van der Waals surface area contributed by atoms with Gasteiger partial charge in [0.1, 0.15) is 0 Å². The van der Waals surface area contributed by atoms with E-state index < -0.39 is 4.25 Å². The SMILES string of the molecule is COCCCP(I)(c1ccccc1)(c1ccccc1)c1ccccc1. The van der Waals surface area contributed by atoms with Gasteiger partial charge in [-0.05, 0) is 0 Å². The molecule has 25 heavy (non-hydrogen) atoms. The summed E-state index contributed by atoms with van der Waals surface area (Å²) in [6.45, 7) is 0.785. The van der Waals surface area contributed by atoms with E-state index in [9.17, 15) is 0 Å². The van der Waals surface area contributed by atoms with E-state index in [0.717, 1.165) is 19.2 Å². The quantitative estimate of drug-likeness (QED) is 0.276. The second kappa shape index (κ2) is 7.99. The van der Waals surface area contributed by atoms with E-state index >= 15 is 0 Å². The molecule has 3 aromatic carbocycles. The Morgan fingerprint density at radius 2 is 1.04 bits per heavy atom. The van der Waals surface area contributed by atoms with Crippen LogP contribution < -0.4 is 15.9 Å². The van der Waals surface area contributed by atoms with Crippen LogP contribution in [-0.4, -0.2) is 19.9 Å². The molecule has 1 nitrogen and oxygen atoms in total. The van der Waals surface area contributed by atoms with Crippen LogP contribution in [0.3, 0.4) is 0 Å². The Morgan fingerprint density at radius 1 is 0.680 bits per heavy atom. The second-order valence-electron chi connectivity index (χ2n) is 6.26. The molecule has 130 valence electrons. The molecule has 0 atom stereocenters. The molecular formula is C22H24IOP. The Labute approximate surface area is 163 Å². The molecule has 0 N–H and O–H groups in total. The Bertz CT molecular complexity index is 691. The standard InChI is InChI=1S/C22H24IOP/c1-24-18-11-19-25(23,20-12-5-2-6-13-20,21-14-7-3-8-15-21)22-16-9-4-10-17-22/h2-10,12-17H,11,18-19H2,1H3. The van der Waals surface area contributed by atoms with Crippen molar-refractivity contribution in [1.82, 2.24) is 0 Å². The Kier molecular flexibility index (Phi) is 5.93. The van der Waals surface area contributed by atoms with Crippen molar-refractivity contribution >= 4 is 42.2 Å². The Balaban J connectivity index is 2.32. The summed E-state index contributed by atoms with van der Waals surface area (Å²) in [6.07, 6.45) is 2.13. The van der Waals surface area contributed by atoms with Gasteiger partial charge in [0.2, 0.25) is 0 Å². The third-order valence-corrected chi connectivity index (χ3v) is 16.6. The number of rotatable bonds is 7. The molecule has 0 radical (unpaired) electrons. The third kappa shape index (κ3) is 3.40. The van der Waals surface area contributed by atoms with Crippen LogP contribution in [0.1, 0.15) is 6.42 Å². The first-order valence-electron chi connectivity index (χ1n) is 8.59. The molecule has 0 saturated heterocycles. The van der Waals surface area contributed by atoms with Crippen molar-refractivity contribution in [3.05, 3.63) is 91.0 Å². The fraction of sp³-hybridized carbons (Fsp3) is 0.182. The molecule has 3 aromatic rings. The van der Waals surface area contributed by atoms with Crippen LogP contribution in [0.4, 0.5) is 0 Å². The molecule has 0 spiro atoms. The van der Waals surface area contributed by atoms with E-state index in [2.05, 4.69) is 113 Å². The topological polar surface area (TPSA) is 9.23 Å². The van der Waals surface area contributed by atoms with Crippen LogP contribution in [0.2, 0.25) is 0 Å². The summed E-state index contributed by atoms with van der Waals surface area (Å²) in [7, 11) is 1.79. The molecule has 0 unspecified atom stereocenters. The van der Waals surface area contributed by atoms with E-state index in [1.165, 1.54) is 15.9 Å². The molecule has 0 bridgehead atoms. The van der Waals surface area contributed by atoms with E-state index in [1.54, 1.807) is 7.11 Å². The average Bonchev–Trinajstić information content (AvgIpc) is 2.70. The summed E-state index contributed by atoms with van der Waals surface area (Å²) in [5.41, 5.74) is 0. The number of ether oxygens (including phenoxy) is 1. The molecule has 0 aliphatic heterocycles. The van der Waals surface area contributed by atoms with Gasteiger partial charge in [-0.25, -0.2) is 0 Å². The van der Waals surface area contributed by atoms with Crippen molar-refractivity contribution in [3.8, 4) is 0 Å². The average molecular weight is 462 g/mol. The van der Waals surface area contributed by atoms with Crippen LogP contribution in [-0.2, 0) is 4.74 Å². The van der Waals surface area contributed by atoms with Crippen LogP contribution >= 0.6 is 26.3 Å². The zero-order valence-corrected chi connectivity index (χ0v) is 17.6. The fourth-order valence-electron chi connectivity index (χ4n) is 3.56. The number of halogens is 1. The summed E-state index contributed by atoms with van der Waals surface area (Å²) in [5, 5.41) is 4.30. The molecule has 0 aliphatic carbocycles. The number of hydrogen-bond donors (Lipinski definition) is 0. The summed E-state index contributed by atoms with van der Waals surface area (Å²) in [5.74, 6) is 0. The second-order valence-corrected chi connectivity index (χ2v) is 17.0. The number of benzene rings is 3.